The summed E-state index contributed by atoms with van der Waals surface area (Å²) in [5.74, 6) is -0.0298. The number of halogens is 2. The number of benzene rings is 1. The number of nitrogens with zero attached hydrogens (tertiary/aromatic N) is 4. The summed E-state index contributed by atoms with van der Waals surface area (Å²) in [7, 11) is 1.74. The molecule has 0 bridgehead atoms. The zero-order valence-corrected chi connectivity index (χ0v) is 14.1. The predicted molar refractivity (Wildman–Crippen MR) is 92.0 cm³/mol. The number of rotatable bonds is 4. The first-order valence-corrected chi connectivity index (χ1v) is 7.67. The molecule has 0 N–H and O–H groups in total. The Morgan fingerprint density at radius 3 is 2.75 bits per heavy atom. The number of aryl methyl sites for hydroxylation is 1. The molecule has 0 aliphatic rings. The number of carbonyl (C=O) groups is 1. The number of aromatic nitrogens is 3. The smallest absolute Gasteiger partial charge is 0.313 e. The normalized spacial score (nSPS) is 11.1. The van der Waals surface area contributed by atoms with E-state index in [4.69, 9.17) is 28.0 Å². The quantitative estimate of drug-likeness (QED) is 0.403. The van der Waals surface area contributed by atoms with E-state index >= 15 is 0 Å². The first-order valence-electron chi connectivity index (χ1n) is 6.91. The average Bonchev–Trinajstić information content (AvgIpc) is 3.18. The molecule has 1 aromatic carbocycles. The van der Waals surface area contributed by atoms with Crippen LogP contribution in [0, 0.1) is 0 Å². The van der Waals surface area contributed by atoms with Gasteiger partial charge in [-0.05, 0) is 24.3 Å². The topological polar surface area (TPSA) is 61.4 Å². The lowest BCUT2D eigenvalue weighted by molar-refractivity contribution is 0.0519. The summed E-state index contributed by atoms with van der Waals surface area (Å²) in [6.07, 6.45) is 6.40. The summed E-state index contributed by atoms with van der Waals surface area (Å²) in [6.45, 7) is 0. The Bertz CT molecular complexity index is 901. The fraction of sp³-hybridized carbons (Fsp3) is 0.0625. The van der Waals surface area contributed by atoms with Crippen molar-refractivity contribution >= 4 is 35.4 Å². The minimum atomic E-state index is -0.617. The highest BCUT2D eigenvalue weighted by molar-refractivity contribution is 6.36. The van der Waals surface area contributed by atoms with Crippen LogP contribution < -0.4 is 0 Å². The van der Waals surface area contributed by atoms with Crippen LogP contribution >= 0.6 is 23.2 Å². The summed E-state index contributed by atoms with van der Waals surface area (Å²) < 4.78 is 3.35. The van der Waals surface area contributed by atoms with Crippen molar-refractivity contribution in [3.05, 3.63) is 70.1 Å². The molecule has 0 spiro atoms. The van der Waals surface area contributed by atoms with Crippen LogP contribution in [0.4, 0.5) is 0 Å². The molecule has 8 heteroatoms. The molecular formula is C16H12Cl2N4O2. The Labute approximate surface area is 147 Å². The van der Waals surface area contributed by atoms with E-state index in [-0.39, 0.29) is 0 Å². The number of hydrogen-bond acceptors (Lipinski definition) is 4. The second-order valence-electron chi connectivity index (χ2n) is 4.87. The molecule has 0 fully saturated rings. The van der Waals surface area contributed by atoms with Crippen molar-refractivity contribution in [2.24, 2.45) is 12.2 Å². The van der Waals surface area contributed by atoms with E-state index in [1.54, 1.807) is 34.5 Å². The van der Waals surface area contributed by atoms with Crippen molar-refractivity contribution in [2.45, 2.75) is 0 Å². The van der Waals surface area contributed by atoms with E-state index in [9.17, 15) is 4.79 Å². The average molecular weight is 363 g/mol. The van der Waals surface area contributed by atoms with E-state index in [2.05, 4.69) is 10.3 Å². The highest BCUT2D eigenvalue weighted by Crippen LogP contribution is 2.20. The fourth-order valence-electron chi connectivity index (χ4n) is 2.14. The van der Waals surface area contributed by atoms with Crippen LogP contribution in [0.5, 0.6) is 0 Å². The van der Waals surface area contributed by atoms with Crippen molar-refractivity contribution in [2.75, 3.05) is 0 Å². The maximum Gasteiger partial charge on any atom is 0.371 e. The van der Waals surface area contributed by atoms with Gasteiger partial charge in [-0.2, -0.15) is 5.10 Å². The van der Waals surface area contributed by atoms with Crippen LogP contribution in [0.3, 0.4) is 0 Å². The van der Waals surface area contributed by atoms with Gasteiger partial charge in [0.25, 0.3) is 0 Å². The zero-order valence-electron chi connectivity index (χ0n) is 12.6. The summed E-state index contributed by atoms with van der Waals surface area (Å²) in [5, 5.41) is 8.71. The molecule has 0 aliphatic heterocycles. The maximum atomic E-state index is 12.2. The summed E-state index contributed by atoms with van der Waals surface area (Å²) >= 11 is 11.8. The molecule has 0 amide bonds. The molecule has 2 aromatic heterocycles. The minimum absolute atomic E-state index is 0.299. The first-order chi connectivity index (χ1) is 11.6. The van der Waals surface area contributed by atoms with E-state index in [1.165, 1.54) is 12.4 Å². The summed E-state index contributed by atoms with van der Waals surface area (Å²) in [6, 6.07) is 8.63. The van der Waals surface area contributed by atoms with Gasteiger partial charge in [0.1, 0.15) is 11.4 Å². The molecule has 24 heavy (non-hydrogen) atoms. The molecule has 0 saturated carbocycles. The Kier molecular flexibility index (Phi) is 4.69. The standard InChI is InChI=1S/C16H12Cl2N4O2/c1-21-15(22-6-2-3-7-22)13(10-19-21)16(23)24-20-9-11-4-5-12(17)8-14(11)18/h2-10H,1H3/b20-9-. The van der Waals surface area contributed by atoms with Gasteiger partial charge < -0.3 is 9.40 Å². The highest BCUT2D eigenvalue weighted by Gasteiger charge is 2.18. The maximum absolute atomic E-state index is 12.2. The number of carbonyl (C=O) groups excluding carboxylic acids is 1. The summed E-state index contributed by atoms with van der Waals surface area (Å²) in [4.78, 5) is 17.2. The molecule has 0 atom stereocenters. The number of hydrogen-bond donors (Lipinski definition) is 0. The van der Waals surface area contributed by atoms with Gasteiger partial charge in [0.2, 0.25) is 0 Å². The third-order valence-electron chi connectivity index (χ3n) is 3.27. The lowest BCUT2D eigenvalue weighted by Crippen LogP contribution is -2.08. The van der Waals surface area contributed by atoms with Crippen molar-refractivity contribution in [3.8, 4) is 5.82 Å². The molecule has 0 radical (unpaired) electrons. The van der Waals surface area contributed by atoms with Gasteiger partial charge >= 0.3 is 5.97 Å². The van der Waals surface area contributed by atoms with Gasteiger partial charge in [0.15, 0.2) is 0 Å². The van der Waals surface area contributed by atoms with Crippen LogP contribution in [0.2, 0.25) is 10.0 Å². The van der Waals surface area contributed by atoms with Gasteiger partial charge in [-0.25, -0.2) is 4.79 Å². The van der Waals surface area contributed by atoms with Crippen molar-refractivity contribution in [3.63, 3.8) is 0 Å². The lowest BCUT2D eigenvalue weighted by atomic mass is 10.2. The van der Waals surface area contributed by atoms with E-state index < -0.39 is 5.97 Å². The minimum Gasteiger partial charge on any atom is -0.313 e. The molecule has 0 unspecified atom stereocenters. The molecule has 3 aromatic rings. The Hall–Kier alpha value is -2.57. The van der Waals surface area contributed by atoms with Crippen molar-refractivity contribution in [1.29, 1.82) is 0 Å². The highest BCUT2D eigenvalue weighted by atomic mass is 35.5. The molecule has 2 heterocycles. The Morgan fingerprint density at radius 2 is 2.04 bits per heavy atom. The summed E-state index contributed by atoms with van der Waals surface area (Å²) in [5.41, 5.74) is 0.888. The van der Waals surface area contributed by atoms with E-state index in [0.29, 0.717) is 27.0 Å². The largest absolute Gasteiger partial charge is 0.371 e. The molecular weight excluding hydrogens is 351 g/mol. The molecule has 6 nitrogen and oxygen atoms in total. The van der Waals surface area contributed by atoms with Crippen LogP contribution in [0.1, 0.15) is 15.9 Å². The van der Waals surface area contributed by atoms with Gasteiger partial charge in [-0.3, -0.25) is 4.68 Å². The Balaban J connectivity index is 1.78. The van der Waals surface area contributed by atoms with Crippen LogP contribution in [-0.2, 0) is 11.9 Å². The van der Waals surface area contributed by atoms with Crippen LogP contribution in [0.15, 0.2) is 54.1 Å². The molecule has 0 saturated heterocycles. The second kappa shape index (κ2) is 6.90. The van der Waals surface area contributed by atoms with Gasteiger partial charge in [-0.15, -0.1) is 0 Å². The first kappa shape index (κ1) is 16.3. The van der Waals surface area contributed by atoms with E-state index in [1.807, 2.05) is 24.5 Å². The molecule has 122 valence electrons. The lowest BCUT2D eigenvalue weighted by Gasteiger charge is -2.05. The van der Waals surface area contributed by atoms with Crippen molar-refractivity contribution in [1.82, 2.24) is 14.3 Å². The van der Waals surface area contributed by atoms with E-state index in [0.717, 1.165) is 0 Å². The van der Waals surface area contributed by atoms with Crippen molar-refractivity contribution < 1.29 is 9.63 Å². The van der Waals surface area contributed by atoms with Gasteiger partial charge in [0.05, 0.1) is 17.4 Å². The third kappa shape index (κ3) is 3.34. The monoisotopic (exact) mass is 362 g/mol. The van der Waals surface area contributed by atoms with Crippen LogP contribution in [-0.4, -0.2) is 26.5 Å². The van der Waals surface area contributed by atoms with Gasteiger partial charge in [0, 0.05) is 30.0 Å². The van der Waals surface area contributed by atoms with Gasteiger partial charge in [-0.1, -0.05) is 34.4 Å². The van der Waals surface area contributed by atoms with Crippen LogP contribution in [0.25, 0.3) is 5.82 Å². The second-order valence-corrected chi connectivity index (χ2v) is 5.72. The molecule has 3 rings (SSSR count). The fourth-order valence-corrected chi connectivity index (χ4v) is 2.60. The Morgan fingerprint density at radius 1 is 1.29 bits per heavy atom. The molecule has 0 aliphatic carbocycles. The SMILES string of the molecule is Cn1ncc(C(=O)O/N=C\c2ccc(Cl)cc2Cl)c1-n1cccc1. The third-order valence-corrected chi connectivity index (χ3v) is 3.83. The predicted octanol–water partition coefficient (Wildman–Crippen LogP) is 3.71. The number of oxime groups is 1. The zero-order chi connectivity index (χ0) is 17.1.